The molecule has 1 aliphatic rings. The van der Waals surface area contributed by atoms with Crippen molar-refractivity contribution in [2.24, 2.45) is 0 Å². The van der Waals surface area contributed by atoms with Crippen molar-refractivity contribution < 1.29 is 23.0 Å². The van der Waals surface area contributed by atoms with Gasteiger partial charge in [-0.25, -0.2) is 13.1 Å². The second-order valence-electron chi connectivity index (χ2n) is 4.69. The van der Waals surface area contributed by atoms with Crippen LogP contribution in [-0.2, 0) is 10.0 Å². The molecule has 0 spiro atoms. The summed E-state index contributed by atoms with van der Waals surface area (Å²) in [6, 6.07) is 4.55. The number of fused-ring (bicyclic) bond motifs is 1. The molecular weight excluding hydrogens is 282 g/mol. The van der Waals surface area contributed by atoms with Crippen LogP contribution >= 0.6 is 0 Å². The maximum absolute atomic E-state index is 12.1. The summed E-state index contributed by atoms with van der Waals surface area (Å²) in [4.78, 5) is 0.152. The fraction of sp³-hybridized carbons (Fsp3) is 0.538. The van der Waals surface area contributed by atoms with Crippen molar-refractivity contribution in [3.8, 4) is 11.5 Å². The molecule has 0 bridgehead atoms. The summed E-state index contributed by atoms with van der Waals surface area (Å²) >= 11 is 0. The van der Waals surface area contributed by atoms with E-state index in [1.807, 2.05) is 0 Å². The van der Waals surface area contributed by atoms with Crippen molar-refractivity contribution in [3.63, 3.8) is 0 Å². The third-order valence-corrected chi connectivity index (χ3v) is 4.37. The molecule has 2 rings (SSSR count). The molecule has 6 nitrogen and oxygen atoms in total. The predicted octanol–water partition coefficient (Wildman–Crippen LogP) is 0.897. The summed E-state index contributed by atoms with van der Waals surface area (Å²) in [6.45, 7) is 2.85. The molecule has 0 aliphatic carbocycles. The number of rotatable bonds is 6. The van der Waals surface area contributed by atoms with E-state index >= 15 is 0 Å². The van der Waals surface area contributed by atoms with E-state index < -0.39 is 16.1 Å². The van der Waals surface area contributed by atoms with E-state index in [1.54, 1.807) is 13.0 Å². The van der Waals surface area contributed by atoms with Crippen molar-refractivity contribution in [1.29, 1.82) is 0 Å². The molecule has 1 aromatic rings. The molecule has 1 aliphatic heterocycles. The minimum absolute atomic E-state index is 0.152. The highest BCUT2D eigenvalue weighted by Crippen LogP contribution is 2.32. The second-order valence-corrected chi connectivity index (χ2v) is 6.46. The molecule has 0 radical (unpaired) electrons. The zero-order chi connectivity index (χ0) is 14.6. The van der Waals surface area contributed by atoms with E-state index in [-0.39, 0.29) is 4.90 Å². The quantitative estimate of drug-likeness (QED) is 0.763. The smallest absolute Gasteiger partial charge is 0.240 e. The molecule has 7 heteroatoms. The molecule has 2 N–H and O–H groups in total. The van der Waals surface area contributed by atoms with Crippen molar-refractivity contribution in [3.05, 3.63) is 18.2 Å². The minimum Gasteiger partial charge on any atom is -0.486 e. The molecule has 1 unspecified atom stereocenters. The number of aliphatic hydroxyl groups excluding tert-OH is 1. The van der Waals surface area contributed by atoms with Crippen LogP contribution in [0.15, 0.2) is 23.1 Å². The maximum atomic E-state index is 12.1. The average Bonchev–Trinajstić information content (AvgIpc) is 2.43. The summed E-state index contributed by atoms with van der Waals surface area (Å²) in [6.07, 6.45) is 0.722. The van der Waals surface area contributed by atoms with Gasteiger partial charge in [-0.15, -0.1) is 0 Å². The summed E-state index contributed by atoms with van der Waals surface area (Å²) < 4.78 is 37.4. The number of aliphatic hydroxyl groups is 1. The summed E-state index contributed by atoms with van der Waals surface area (Å²) in [5.41, 5.74) is 0. The molecule has 112 valence electrons. The van der Waals surface area contributed by atoms with Gasteiger partial charge < -0.3 is 14.6 Å². The first kappa shape index (κ1) is 15.1. The Morgan fingerprint density at radius 3 is 2.70 bits per heavy atom. The predicted molar refractivity (Wildman–Crippen MR) is 73.5 cm³/mol. The van der Waals surface area contributed by atoms with Crippen molar-refractivity contribution >= 4 is 10.0 Å². The molecule has 1 aromatic carbocycles. The van der Waals surface area contributed by atoms with Gasteiger partial charge in [-0.2, -0.15) is 0 Å². The first-order valence-electron chi connectivity index (χ1n) is 6.56. The average molecular weight is 301 g/mol. The molecule has 0 saturated carbocycles. The van der Waals surface area contributed by atoms with Crippen LogP contribution in [-0.4, -0.2) is 39.4 Å². The van der Waals surface area contributed by atoms with Crippen LogP contribution < -0.4 is 14.2 Å². The highest BCUT2D eigenvalue weighted by atomic mass is 32.2. The standard InChI is InChI=1S/C13H19NO5S/c1-10(15)3-2-6-14-20(16,17)11-4-5-12-13(9-11)19-8-7-18-12/h4-5,9-10,14-15H,2-3,6-8H2,1H3. The SMILES string of the molecule is CC(O)CCCNS(=O)(=O)c1ccc2c(c1)OCCO2. The highest BCUT2D eigenvalue weighted by molar-refractivity contribution is 7.89. The summed E-state index contributed by atoms with van der Waals surface area (Å²) in [7, 11) is -3.56. The monoisotopic (exact) mass is 301 g/mol. The molecule has 0 amide bonds. The van der Waals surface area contributed by atoms with Gasteiger partial charge in [-0.1, -0.05) is 0 Å². The van der Waals surface area contributed by atoms with Gasteiger partial charge in [-0.3, -0.25) is 0 Å². The molecule has 0 saturated heterocycles. The Kier molecular flexibility index (Phi) is 4.85. The third kappa shape index (κ3) is 3.84. The molecule has 20 heavy (non-hydrogen) atoms. The third-order valence-electron chi connectivity index (χ3n) is 2.91. The molecule has 0 fully saturated rings. The molecular formula is C13H19NO5S. The largest absolute Gasteiger partial charge is 0.486 e. The van der Waals surface area contributed by atoms with Gasteiger partial charge >= 0.3 is 0 Å². The van der Waals surface area contributed by atoms with Crippen molar-refractivity contribution in [1.82, 2.24) is 4.72 Å². The van der Waals surface area contributed by atoms with Crippen molar-refractivity contribution in [2.75, 3.05) is 19.8 Å². The Morgan fingerprint density at radius 2 is 2.00 bits per heavy atom. The summed E-state index contributed by atoms with van der Waals surface area (Å²) in [5, 5.41) is 9.12. The number of nitrogens with one attached hydrogen (secondary N) is 1. The number of hydrogen-bond acceptors (Lipinski definition) is 5. The van der Waals surface area contributed by atoms with E-state index in [9.17, 15) is 8.42 Å². The minimum atomic E-state index is -3.56. The zero-order valence-corrected chi connectivity index (χ0v) is 12.1. The number of ether oxygens (including phenoxy) is 2. The Bertz CT molecular complexity index is 556. The topological polar surface area (TPSA) is 84.9 Å². The van der Waals surface area contributed by atoms with Crippen LogP contribution in [0, 0.1) is 0 Å². The molecule has 0 aromatic heterocycles. The first-order valence-corrected chi connectivity index (χ1v) is 8.05. The van der Waals surface area contributed by atoms with Crippen LogP contribution in [0.4, 0.5) is 0 Å². The fourth-order valence-electron chi connectivity index (χ4n) is 1.88. The molecule has 1 heterocycles. The second kappa shape index (κ2) is 6.43. The Labute approximate surface area is 118 Å². The number of sulfonamides is 1. The lowest BCUT2D eigenvalue weighted by Gasteiger charge is -2.18. The van der Waals surface area contributed by atoms with Crippen LogP contribution in [0.3, 0.4) is 0 Å². The lowest BCUT2D eigenvalue weighted by molar-refractivity contribution is 0.171. The maximum Gasteiger partial charge on any atom is 0.240 e. The zero-order valence-electron chi connectivity index (χ0n) is 11.3. The van der Waals surface area contributed by atoms with Gasteiger partial charge in [0, 0.05) is 12.6 Å². The van der Waals surface area contributed by atoms with E-state index in [2.05, 4.69) is 4.72 Å². The Morgan fingerprint density at radius 1 is 1.30 bits per heavy atom. The van der Waals surface area contributed by atoms with Crippen LogP contribution in [0.5, 0.6) is 11.5 Å². The van der Waals surface area contributed by atoms with Crippen LogP contribution in [0.1, 0.15) is 19.8 Å². The van der Waals surface area contributed by atoms with E-state index in [4.69, 9.17) is 14.6 Å². The first-order chi connectivity index (χ1) is 9.49. The van der Waals surface area contributed by atoms with Gasteiger partial charge in [-0.05, 0) is 31.9 Å². The Hall–Kier alpha value is -1.31. The van der Waals surface area contributed by atoms with Gasteiger partial charge in [0.15, 0.2) is 11.5 Å². The summed E-state index contributed by atoms with van der Waals surface area (Å²) in [5.74, 6) is 1.01. The van der Waals surface area contributed by atoms with Crippen LogP contribution in [0.25, 0.3) is 0 Å². The molecule has 1 atom stereocenters. The van der Waals surface area contributed by atoms with E-state index in [0.29, 0.717) is 44.1 Å². The van der Waals surface area contributed by atoms with Gasteiger partial charge in [0.25, 0.3) is 0 Å². The fourth-order valence-corrected chi connectivity index (χ4v) is 2.97. The van der Waals surface area contributed by atoms with E-state index in [0.717, 1.165) is 0 Å². The normalized spacial score (nSPS) is 15.9. The number of hydrogen-bond donors (Lipinski definition) is 2. The van der Waals surface area contributed by atoms with Gasteiger partial charge in [0.1, 0.15) is 13.2 Å². The Balaban J connectivity index is 2.02. The van der Waals surface area contributed by atoms with Gasteiger partial charge in [0.2, 0.25) is 10.0 Å². The highest BCUT2D eigenvalue weighted by Gasteiger charge is 2.18. The van der Waals surface area contributed by atoms with Gasteiger partial charge in [0.05, 0.1) is 11.0 Å². The van der Waals surface area contributed by atoms with Crippen molar-refractivity contribution in [2.45, 2.75) is 30.8 Å². The lowest BCUT2D eigenvalue weighted by atomic mass is 10.2. The lowest BCUT2D eigenvalue weighted by Crippen LogP contribution is -2.25. The van der Waals surface area contributed by atoms with Crippen LogP contribution in [0.2, 0.25) is 0 Å². The van der Waals surface area contributed by atoms with E-state index in [1.165, 1.54) is 12.1 Å². The number of benzene rings is 1.